The third-order valence-electron chi connectivity index (χ3n) is 2.78. The molecule has 2 rings (SSSR count). The summed E-state index contributed by atoms with van der Waals surface area (Å²) < 4.78 is 2.10. The predicted molar refractivity (Wildman–Crippen MR) is 67.6 cm³/mol. The van der Waals surface area contributed by atoms with E-state index in [4.69, 9.17) is 0 Å². The second-order valence-corrected chi connectivity index (χ2v) is 4.59. The van der Waals surface area contributed by atoms with Crippen molar-refractivity contribution in [1.82, 2.24) is 14.7 Å². The Morgan fingerprint density at radius 2 is 2.12 bits per heavy atom. The lowest BCUT2D eigenvalue weighted by atomic mass is 10.2. The van der Waals surface area contributed by atoms with Crippen LogP contribution < -0.4 is 0 Å². The Kier molecular flexibility index (Phi) is 3.25. The largest absolute Gasteiger partial charge is 0.309 e. The smallest absolute Gasteiger partial charge is 0.0685 e. The van der Waals surface area contributed by atoms with Gasteiger partial charge in [0.1, 0.15) is 0 Å². The van der Waals surface area contributed by atoms with Crippen molar-refractivity contribution in [3.8, 4) is 0 Å². The van der Waals surface area contributed by atoms with Gasteiger partial charge in [0.25, 0.3) is 0 Å². The summed E-state index contributed by atoms with van der Waals surface area (Å²) in [4.78, 5) is 2.21. The summed E-state index contributed by atoms with van der Waals surface area (Å²) in [5, 5.41) is 5.66. The molecular weight excluding hydrogens is 198 g/mol. The van der Waals surface area contributed by atoms with E-state index in [-0.39, 0.29) is 0 Å². The maximum absolute atomic E-state index is 4.43. The summed E-state index contributed by atoms with van der Waals surface area (Å²) in [6.07, 6.45) is 3.09. The Bertz CT molecular complexity index is 471. The second-order valence-electron chi connectivity index (χ2n) is 4.59. The van der Waals surface area contributed by atoms with Gasteiger partial charge in [-0.15, -0.1) is 0 Å². The van der Waals surface area contributed by atoms with E-state index in [0.29, 0.717) is 0 Å². The highest BCUT2D eigenvalue weighted by Crippen LogP contribution is 2.15. The van der Waals surface area contributed by atoms with Gasteiger partial charge >= 0.3 is 0 Å². The van der Waals surface area contributed by atoms with Gasteiger partial charge in [-0.05, 0) is 45.6 Å². The molecule has 0 aliphatic rings. The third-order valence-corrected chi connectivity index (χ3v) is 2.78. The van der Waals surface area contributed by atoms with Crippen LogP contribution in [0, 0.1) is 6.92 Å². The van der Waals surface area contributed by atoms with E-state index in [9.17, 15) is 0 Å². The zero-order valence-electron chi connectivity index (χ0n) is 10.3. The summed E-state index contributed by atoms with van der Waals surface area (Å²) in [7, 11) is 4.21. The lowest BCUT2D eigenvalue weighted by Gasteiger charge is -2.09. The molecule has 0 amide bonds. The maximum Gasteiger partial charge on any atom is 0.0685 e. The molecule has 3 nitrogen and oxygen atoms in total. The van der Waals surface area contributed by atoms with E-state index in [1.807, 2.05) is 6.20 Å². The molecule has 0 atom stereocenters. The maximum atomic E-state index is 4.43. The van der Waals surface area contributed by atoms with Crippen LogP contribution in [-0.2, 0) is 6.54 Å². The molecule has 0 aliphatic heterocycles. The van der Waals surface area contributed by atoms with Gasteiger partial charge in [0.15, 0.2) is 0 Å². The number of aromatic nitrogens is 2. The van der Waals surface area contributed by atoms with Gasteiger partial charge < -0.3 is 4.90 Å². The van der Waals surface area contributed by atoms with Crippen molar-refractivity contribution in [2.75, 3.05) is 20.6 Å². The molecule has 0 saturated carbocycles. The molecule has 0 aliphatic carbocycles. The lowest BCUT2D eigenvalue weighted by Crippen LogP contribution is -2.15. The molecule has 0 N–H and O–H groups in total. The fourth-order valence-electron chi connectivity index (χ4n) is 1.90. The van der Waals surface area contributed by atoms with Crippen LogP contribution in [-0.4, -0.2) is 35.3 Å². The minimum absolute atomic E-state index is 0.991. The summed E-state index contributed by atoms with van der Waals surface area (Å²) in [5.41, 5.74) is 2.54. The Hall–Kier alpha value is -1.35. The molecule has 0 radical (unpaired) electrons. The Morgan fingerprint density at radius 1 is 1.31 bits per heavy atom. The van der Waals surface area contributed by atoms with Crippen LogP contribution in [0.3, 0.4) is 0 Å². The van der Waals surface area contributed by atoms with Crippen molar-refractivity contribution >= 4 is 10.9 Å². The number of benzene rings is 1. The van der Waals surface area contributed by atoms with Gasteiger partial charge in [-0.25, -0.2) is 0 Å². The number of rotatable bonds is 4. The van der Waals surface area contributed by atoms with Gasteiger partial charge in [0.2, 0.25) is 0 Å². The highest BCUT2D eigenvalue weighted by molar-refractivity contribution is 5.79. The first-order chi connectivity index (χ1) is 7.66. The number of fused-ring (bicyclic) bond motifs is 1. The minimum atomic E-state index is 0.991. The standard InChI is InChI=1S/C13H19N3/c1-11-5-6-12-10-14-16(13(12)9-11)8-4-7-15(2)3/h5-6,9-10H,4,7-8H2,1-3H3. The minimum Gasteiger partial charge on any atom is -0.309 e. The first kappa shape index (κ1) is 11.1. The first-order valence-corrected chi connectivity index (χ1v) is 5.74. The average Bonchev–Trinajstić information content (AvgIpc) is 2.60. The molecule has 3 heteroatoms. The van der Waals surface area contributed by atoms with Gasteiger partial charge in [-0.2, -0.15) is 5.10 Å². The van der Waals surface area contributed by atoms with Crippen molar-refractivity contribution in [1.29, 1.82) is 0 Å². The quantitative estimate of drug-likeness (QED) is 0.783. The van der Waals surface area contributed by atoms with Gasteiger partial charge in [0, 0.05) is 11.9 Å². The zero-order valence-corrected chi connectivity index (χ0v) is 10.3. The van der Waals surface area contributed by atoms with E-state index in [0.717, 1.165) is 19.5 Å². The molecule has 0 bridgehead atoms. The van der Waals surface area contributed by atoms with E-state index in [1.54, 1.807) is 0 Å². The zero-order chi connectivity index (χ0) is 11.5. The van der Waals surface area contributed by atoms with E-state index < -0.39 is 0 Å². The van der Waals surface area contributed by atoms with E-state index >= 15 is 0 Å². The molecule has 86 valence electrons. The Morgan fingerprint density at radius 3 is 2.88 bits per heavy atom. The van der Waals surface area contributed by atoms with Gasteiger partial charge in [-0.1, -0.05) is 12.1 Å². The van der Waals surface area contributed by atoms with E-state index in [1.165, 1.54) is 16.5 Å². The van der Waals surface area contributed by atoms with Crippen LogP contribution in [0.25, 0.3) is 10.9 Å². The predicted octanol–water partition coefficient (Wildman–Crippen LogP) is 2.30. The summed E-state index contributed by atoms with van der Waals surface area (Å²) in [6.45, 7) is 4.22. The molecule has 0 spiro atoms. The number of hydrogen-bond donors (Lipinski definition) is 0. The van der Waals surface area contributed by atoms with Crippen LogP contribution >= 0.6 is 0 Å². The Balaban J connectivity index is 2.15. The molecule has 16 heavy (non-hydrogen) atoms. The van der Waals surface area contributed by atoms with Crippen LogP contribution in [0.5, 0.6) is 0 Å². The molecule has 0 unspecified atom stereocenters. The fourth-order valence-corrected chi connectivity index (χ4v) is 1.90. The molecule has 1 aromatic carbocycles. The third kappa shape index (κ3) is 2.42. The van der Waals surface area contributed by atoms with Crippen LogP contribution in [0.2, 0.25) is 0 Å². The summed E-state index contributed by atoms with van der Waals surface area (Å²) in [5.74, 6) is 0. The van der Waals surface area contributed by atoms with Crippen molar-refractivity contribution in [2.45, 2.75) is 19.9 Å². The van der Waals surface area contributed by atoms with E-state index in [2.05, 4.69) is 53.9 Å². The molecule has 0 saturated heterocycles. The van der Waals surface area contributed by atoms with Crippen molar-refractivity contribution in [2.24, 2.45) is 0 Å². The number of nitrogens with zero attached hydrogens (tertiary/aromatic N) is 3. The van der Waals surface area contributed by atoms with Crippen molar-refractivity contribution in [3.05, 3.63) is 30.0 Å². The fraction of sp³-hybridized carbons (Fsp3) is 0.462. The highest BCUT2D eigenvalue weighted by Gasteiger charge is 2.02. The molecule has 2 aromatic rings. The monoisotopic (exact) mass is 217 g/mol. The van der Waals surface area contributed by atoms with Crippen molar-refractivity contribution < 1.29 is 0 Å². The van der Waals surface area contributed by atoms with Gasteiger partial charge in [-0.3, -0.25) is 4.68 Å². The highest BCUT2D eigenvalue weighted by atomic mass is 15.3. The number of aryl methyl sites for hydroxylation is 2. The molecule has 1 aromatic heterocycles. The summed E-state index contributed by atoms with van der Waals surface area (Å²) >= 11 is 0. The van der Waals surface area contributed by atoms with Crippen LogP contribution in [0.15, 0.2) is 24.4 Å². The second kappa shape index (κ2) is 4.66. The normalized spacial score (nSPS) is 11.5. The molecule has 1 heterocycles. The van der Waals surface area contributed by atoms with Gasteiger partial charge in [0.05, 0.1) is 11.7 Å². The lowest BCUT2D eigenvalue weighted by molar-refractivity contribution is 0.382. The summed E-state index contributed by atoms with van der Waals surface area (Å²) in [6, 6.07) is 6.48. The topological polar surface area (TPSA) is 21.1 Å². The molecule has 0 fully saturated rings. The van der Waals surface area contributed by atoms with Crippen LogP contribution in [0.4, 0.5) is 0 Å². The molecular formula is C13H19N3. The number of hydrogen-bond acceptors (Lipinski definition) is 2. The average molecular weight is 217 g/mol. The Labute approximate surface area is 96.7 Å². The van der Waals surface area contributed by atoms with Crippen molar-refractivity contribution in [3.63, 3.8) is 0 Å². The van der Waals surface area contributed by atoms with Crippen LogP contribution in [0.1, 0.15) is 12.0 Å². The SMILES string of the molecule is Cc1ccc2cnn(CCCN(C)C)c2c1. The first-order valence-electron chi connectivity index (χ1n) is 5.74.